The van der Waals surface area contributed by atoms with E-state index < -0.39 is 6.85 Å². The van der Waals surface area contributed by atoms with Gasteiger partial charge in [-0.15, -0.1) is 0 Å². The average molecular weight is 232 g/mol. The summed E-state index contributed by atoms with van der Waals surface area (Å²) in [6.07, 6.45) is 1.35. The van der Waals surface area contributed by atoms with E-state index in [2.05, 4.69) is 0 Å². The number of rotatable bonds is 3. The third-order valence-electron chi connectivity index (χ3n) is 2.34. The van der Waals surface area contributed by atoms with Crippen molar-refractivity contribution in [1.82, 2.24) is 4.57 Å². The van der Waals surface area contributed by atoms with Crippen LogP contribution in [0, 0.1) is 6.85 Å². The van der Waals surface area contributed by atoms with Crippen molar-refractivity contribution in [3.63, 3.8) is 0 Å². The molecule has 0 N–H and O–H groups in total. The average Bonchev–Trinajstić information content (AvgIpc) is 2.39. The molecule has 0 unspecified atom stereocenters. The first-order valence-corrected chi connectivity index (χ1v) is 5.38. The summed E-state index contributed by atoms with van der Waals surface area (Å²) in [5.41, 5.74) is 0.456. The van der Waals surface area contributed by atoms with Crippen molar-refractivity contribution in [2.75, 3.05) is 6.61 Å². The fourth-order valence-electron chi connectivity index (χ4n) is 1.56. The van der Waals surface area contributed by atoms with Crippen molar-refractivity contribution in [3.8, 4) is 11.4 Å². The Morgan fingerprint density at radius 1 is 1.24 bits per heavy atom. The lowest BCUT2D eigenvalue weighted by molar-refractivity contribution is 0.340. The first-order valence-electron chi connectivity index (χ1n) is 6.88. The van der Waals surface area contributed by atoms with Crippen LogP contribution in [-0.4, -0.2) is 11.2 Å². The zero-order valence-corrected chi connectivity index (χ0v) is 9.51. The van der Waals surface area contributed by atoms with E-state index >= 15 is 0 Å². The van der Waals surface area contributed by atoms with Crippen LogP contribution >= 0.6 is 0 Å². The van der Waals surface area contributed by atoms with Crippen LogP contribution < -0.4 is 10.3 Å². The molecule has 0 aliphatic carbocycles. The molecule has 0 bridgehead atoms. The topological polar surface area (TPSA) is 31.2 Å². The molecule has 3 heteroatoms. The SMILES string of the molecule is [2H]C([2H])([2H])c1ccc(=O)n(-c2ccc(OCC)cc2)c1. The van der Waals surface area contributed by atoms with Crippen LogP contribution in [0.2, 0.25) is 0 Å². The molecular formula is C14H15NO2. The molecule has 2 rings (SSSR count). The van der Waals surface area contributed by atoms with Gasteiger partial charge >= 0.3 is 0 Å². The lowest BCUT2D eigenvalue weighted by atomic mass is 10.2. The lowest BCUT2D eigenvalue weighted by Gasteiger charge is -2.08. The highest BCUT2D eigenvalue weighted by molar-refractivity contribution is 5.38. The van der Waals surface area contributed by atoms with Gasteiger partial charge in [0.2, 0.25) is 0 Å². The maximum Gasteiger partial charge on any atom is 0.255 e. The van der Waals surface area contributed by atoms with E-state index in [1.54, 1.807) is 24.3 Å². The molecular weight excluding hydrogens is 214 g/mol. The number of aromatic nitrogens is 1. The quantitative estimate of drug-likeness (QED) is 0.814. The molecule has 88 valence electrons. The second-order valence-corrected chi connectivity index (χ2v) is 3.55. The summed E-state index contributed by atoms with van der Waals surface area (Å²) < 4.78 is 28.8. The lowest BCUT2D eigenvalue weighted by Crippen LogP contribution is -2.16. The minimum Gasteiger partial charge on any atom is -0.494 e. The van der Waals surface area contributed by atoms with Crippen LogP contribution in [0.25, 0.3) is 5.69 Å². The molecule has 3 nitrogen and oxygen atoms in total. The summed E-state index contributed by atoms with van der Waals surface area (Å²) in [5.74, 6) is 0.705. The van der Waals surface area contributed by atoms with Crippen molar-refractivity contribution in [2.24, 2.45) is 0 Å². The third kappa shape index (κ3) is 2.56. The van der Waals surface area contributed by atoms with Gasteiger partial charge in [0, 0.05) is 22.1 Å². The molecule has 1 aromatic heterocycles. The minimum absolute atomic E-state index is 0.131. The van der Waals surface area contributed by atoms with Gasteiger partial charge in [0.05, 0.1) is 6.61 Å². The summed E-state index contributed by atoms with van der Waals surface area (Å²) >= 11 is 0. The van der Waals surface area contributed by atoms with E-state index in [1.807, 2.05) is 6.92 Å². The number of hydrogen-bond acceptors (Lipinski definition) is 2. The van der Waals surface area contributed by atoms with Crippen molar-refractivity contribution in [2.45, 2.75) is 13.8 Å². The van der Waals surface area contributed by atoms with E-state index in [0.717, 1.165) is 0 Å². The van der Waals surface area contributed by atoms with Gasteiger partial charge in [0.15, 0.2) is 0 Å². The zero-order chi connectivity index (χ0) is 14.8. The number of hydrogen-bond donors (Lipinski definition) is 0. The first kappa shape index (κ1) is 8.12. The van der Waals surface area contributed by atoms with Gasteiger partial charge in [-0.05, 0) is 43.6 Å². The molecule has 1 heterocycles. The molecule has 0 spiro atoms. The molecule has 0 saturated heterocycles. The Hall–Kier alpha value is -2.03. The van der Waals surface area contributed by atoms with Gasteiger partial charge in [-0.1, -0.05) is 6.07 Å². The highest BCUT2D eigenvalue weighted by Gasteiger charge is 2.00. The predicted octanol–water partition coefficient (Wildman–Crippen LogP) is 2.54. The molecule has 17 heavy (non-hydrogen) atoms. The van der Waals surface area contributed by atoms with Crippen LogP contribution in [0.15, 0.2) is 47.4 Å². The van der Waals surface area contributed by atoms with Gasteiger partial charge in [-0.25, -0.2) is 0 Å². The number of aryl methyl sites for hydroxylation is 1. The largest absolute Gasteiger partial charge is 0.494 e. The highest BCUT2D eigenvalue weighted by Crippen LogP contribution is 2.14. The summed E-state index contributed by atoms with van der Waals surface area (Å²) in [4.78, 5) is 11.9. The monoisotopic (exact) mass is 232 g/mol. The Balaban J connectivity index is 2.44. The normalized spacial score (nSPS) is 13.6. The molecule has 0 radical (unpaired) electrons. The van der Waals surface area contributed by atoms with E-state index in [-0.39, 0.29) is 11.1 Å². The van der Waals surface area contributed by atoms with Crippen LogP contribution in [-0.2, 0) is 0 Å². The van der Waals surface area contributed by atoms with Crippen molar-refractivity contribution < 1.29 is 8.85 Å². The van der Waals surface area contributed by atoms with E-state index in [1.165, 1.54) is 22.9 Å². The summed E-state index contributed by atoms with van der Waals surface area (Å²) in [6.45, 7) is 0.215. The molecule has 0 amide bonds. The Bertz CT molecular complexity index is 645. The Morgan fingerprint density at radius 3 is 2.65 bits per heavy atom. The fraction of sp³-hybridized carbons (Fsp3) is 0.214. The number of nitrogens with zero attached hydrogens (tertiary/aromatic N) is 1. The zero-order valence-electron chi connectivity index (χ0n) is 12.5. The smallest absolute Gasteiger partial charge is 0.255 e. The standard InChI is InChI=1S/C14H15NO2/c1-3-17-13-7-5-12(6-8-13)15-10-11(2)4-9-14(15)16/h4-10H,3H2,1-2H3/i2D3. The number of ether oxygens (including phenoxy) is 1. The summed E-state index contributed by atoms with van der Waals surface area (Å²) in [7, 11) is 0. The first-order chi connectivity index (χ1) is 9.41. The molecule has 0 atom stereocenters. The second-order valence-electron chi connectivity index (χ2n) is 3.55. The van der Waals surface area contributed by atoms with Gasteiger partial charge < -0.3 is 4.74 Å². The number of pyridine rings is 1. The maximum absolute atomic E-state index is 11.9. The summed E-state index contributed by atoms with van der Waals surface area (Å²) in [5, 5.41) is 0. The van der Waals surface area contributed by atoms with Gasteiger partial charge in [-0.2, -0.15) is 0 Å². The van der Waals surface area contributed by atoms with E-state index in [9.17, 15) is 4.79 Å². The van der Waals surface area contributed by atoms with Crippen molar-refractivity contribution in [3.05, 3.63) is 58.5 Å². The predicted molar refractivity (Wildman–Crippen MR) is 67.9 cm³/mol. The Labute approximate surface area is 105 Å². The van der Waals surface area contributed by atoms with Gasteiger partial charge in [0.25, 0.3) is 5.56 Å². The molecule has 0 aliphatic heterocycles. The molecule has 2 aromatic rings. The number of benzene rings is 1. The highest BCUT2D eigenvalue weighted by atomic mass is 16.5. The molecule has 0 fully saturated rings. The molecule has 0 saturated carbocycles. The van der Waals surface area contributed by atoms with Crippen LogP contribution in [0.5, 0.6) is 5.75 Å². The maximum atomic E-state index is 11.9. The summed E-state index contributed by atoms with van der Waals surface area (Å²) in [6, 6.07) is 9.52. The second kappa shape index (κ2) is 4.87. The van der Waals surface area contributed by atoms with Crippen molar-refractivity contribution >= 4 is 0 Å². The third-order valence-corrected chi connectivity index (χ3v) is 2.34. The van der Waals surface area contributed by atoms with Crippen LogP contribution in [0.1, 0.15) is 16.6 Å². The van der Waals surface area contributed by atoms with E-state index in [4.69, 9.17) is 8.85 Å². The molecule has 1 aromatic carbocycles. The Morgan fingerprint density at radius 2 is 2.00 bits per heavy atom. The molecule has 0 aliphatic rings. The minimum atomic E-state index is -2.24. The van der Waals surface area contributed by atoms with E-state index in [0.29, 0.717) is 18.0 Å². The fourth-order valence-corrected chi connectivity index (χ4v) is 1.56. The Kier molecular flexibility index (Phi) is 2.33. The van der Waals surface area contributed by atoms with Gasteiger partial charge in [0.1, 0.15) is 5.75 Å². The van der Waals surface area contributed by atoms with Crippen LogP contribution in [0.3, 0.4) is 0 Å². The van der Waals surface area contributed by atoms with Crippen molar-refractivity contribution in [1.29, 1.82) is 0 Å². The van der Waals surface area contributed by atoms with Gasteiger partial charge in [-0.3, -0.25) is 9.36 Å². The van der Waals surface area contributed by atoms with Crippen LogP contribution in [0.4, 0.5) is 0 Å².